The Morgan fingerprint density at radius 1 is 0.862 bits per heavy atom. The van der Waals surface area contributed by atoms with Crippen molar-refractivity contribution in [3.8, 4) is 0 Å². The predicted octanol–water partition coefficient (Wildman–Crippen LogP) is 5.04. The third-order valence-electron chi connectivity index (χ3n) is 4.41. The monoisotopic (exact) mass is 396 g/mol. The van der Waals surface area contributed by atoms with Crippen LogP contribution in [-0.4, -0.2) is 35.7 Å². The normalized spacial score (nSPS) is 11.1. The first kappa shape index (κ1) is 22.5. The number of nitrogens with zero attached hydrogens (tertiary/aromatic N) is 1. The summed E-state index contributed by atoms with van der Waals surface area (Å²) in [5, 5.41) is 2.84. The van der Waals surface area contributed by atoms with Crippen molar-refractivity contribution in [1.82, 2.24) is 10.2 Å². The van der Waals surface area contributed by atoms with E-state index in [1.54, 1.807) is 20.8 Å². The second kappa shape index (κ2) is 10.1. The van der Waals surface area contributed by atoms with Gasteiger partial charge in [-0.2, -0.15) is 0 Å². The van der Waals surface area contributed by atoms with Crippen LogP contribution in [0.25, 0.3) is 0 Å². The molecular formula is C24H32N2O3. The summed E-state index contributed by atoms with van der Waals surface area (Å²) in [4.78, 5) is 26.4. The average molecular weight is 397 g/mol. The minimum atomic E-state index is -0.665. The highest BCUT2D eigenvalue weighted by molar-refractivity contribution is 5.91. The number of aryl methyl sites for hydroxylation is 2. The fraction of sp³-hybridized carbons (Fsp3) is 0.417. The van der Waals surface area contributed by atoms with Gasteiger partial charge in [0.2, 0.25) is 0 Å². The number of benzene rings is 2. The number of ether oxygens (including phenoxy) is 1. The van der Waals surface area contributed by atoms with Crippen LogP contribution in [0.15, 0.2) is 48.5 Å². The fourth-order valence-corrected chi connectivity index (χ4v) is 2.75. The van der Waals surface area contributed by atoms with Gasteiger partial charge in [0, 0.05) is 13.1 Å². The van der Waals surface area contributed by atoms with E-state index >= 15 is 0 Å². The first-order valence-corrected chi connectivity index (χ1v) is 10.0. The van der Waals surface area contributed by atoms with Crippen LogP contribution in [0.5, 0.6) is 0 Å². The summed E-state index contributed by atoms with van der Waals surface area (Å²) in [7, 11) is 0. The number of hydrogen-bond acceptors (Lipinski definition) is 3. The minimum absolute atomic E-state index is 0.258. The molecule has 0 aliphatic rings. The first-order valence-electron chi connectivity index (χ1n) is 10.0. The van der Waals surface area contributed by atoms with Crippen molar-refractivity contribution in [2.75, 3.05) is 13.1 Å². The predicted molar refractivity (Wildman–Crippen MR) is 116 cm³/mol. The van der Waals surface area contributed by atoms with Crippen LogP contribution in [0, 0.1) is 13.8 Å². The topological polar surface area (TPSA) is 58.6 Å². The lowest BCUT2D eigenvalue weighted by atomic mass is 10.1. The highest BCUT2D eigenvalue weighted by Gasteiger charge is 2.26. The molecule has 3 amide bonds. The number of amides is 3. The van der Waals surface area contributed by atoms with Crippen molar-refractivity contribution in [2.24, 2.45) is 0 Å². The van der Waals surface area contributed by atoms with Crippen molar-refractivity contribution >= 4 is 12.1 Å². The molecule has 0 saturated carbocycles. The maximum absolute atomic E-state index is 12.7. The van der Waals surface area contributed by atoms with Crippen molar-refractivity contribution in [2.45, 2.75) is 53.1 Å². The quantitative estimate of drug-likeness (QED) is 0.744. The van der Waals surface area contributed by atoms with E-state index in [9.17, 15) is 9.59 Å². The molecule has 0 spiro atoms. The molecule has 5 heteroatoms. The summed E-state index contributed by atoms with van der Waals surface area (Å²) in [6.45, 7) is 10.1. The minimum Gasteiger partial charge on any atom is -0.443 e. The summed E-state index contributed by atoms with van der Waals surface area (Å²) < 4.78 is 5.43. The van der Waals surface area contributed by atoms with E-state index in [4.69, 9.17) is 4.74 Å². The molecule has 0 radical (unpaired) electrons. The molecule has 0 aliphatic heterocycles. The van der Waals surface area contributed by atoms with Crippen LogP contribution in [-0.2, 0) is 17.6 Å². The van der Waals surface area contributed by atoms with Crippen LogP contribution in [0.3, 0.4) is 0 Å². The number of carbonyl (C=O) groups excluding carboxylic acids is 2. The van der Waals surface area contributed by atoms with Crippen molar-refractivity contribution in [3.63, 3.8) is 0 Å². The van der Waals surface area contributed by atoms with Gasteiger partial charge in [0.05, 0.1) is 0 Å². The number of imide groups is 1. The van der Waals surface area contributed by atoms with Gasteiger partial charge in [0.25, 0.3) is 0 Å². The lowest BCUT2D eigenvalue weighted by Crippen LogP contribution is -2.47. The summed E-state index contributed by atoms with van der Waals surface area (Å²) >= 11 is 0. The number of carbonyl (C=O) groups is 2. The molecule has 0 heterocycles. The summed E-state index contributed by atoms with van der Waals surface area (Å²) in [6, 6.07) is 15.8. The van der Waals surface area contributed by atoms with E-state index in [2.05, 4.69) is 5.32 Å². The maximum atomic E-state index is 12.7. The Labute approximate surface area is 174 Å². The van der Waals surface area contributed by atoms with Gasteiger partial charge in [-0.25, -0.2) is 14.5 Å². The molecule has 1 N–H and O–H groups in total. The molecule has 29 heavy (non-hydrogen) atoms. The molecule has 156 valence electrons. The van der Waals surface area contributed by atoms with E-state index in [0.29, 0.717) is 19.4 Å². The molecule has 0 aliphatic carbocycles. The largest absolute Gasteiger partial charge is 0.443 e. The zero-order chi connectivity index (χ0) is 21.4. The number of urea groups is 1. The Kier molecular flexibility index (Phi) is 7.82. The van der Waals surface area contributed by atoms with Gasteiger partial charge >= 0.3 is 12.1 Å². The van der Waals surface area contributed by atoms with Crippen LogP contribution in [0.4, 0.5) is 9.59 Å². The maximum Gasteiger partial charge on any atom is 0.418 e. The Morgan fingerprint density at radius 3 is 1.83 bits per heavy atom. The van der Waals surface area contributed by atoms with Crippen molar-refractivity contribution in [1.29, 1.82) is 0 Å². The van der Waals surface area contributed by atoms with Crippen LogP contribution in [0.2, 0.25) is 0 Å². The molecule has 0 fully saturated rings. The average Bonchev–Trinajstić information content (AvgIpc) is 2.63. The SMILES string of the molecule is Cc1ccc(CCNC(=O)N(CCc2ccc(C)cc2)C(=O)OC(C)(C)C)cc1. The van der Waals surface area contributed by atoms with Gasteiger partial charge < -0.3 is 10.1 Å². The number of rotatable bonds is 6. The standard InChI is InChI=1S/C24H32N2O3/c1-18-6-10-20(11-7-18)14-16-25-22(27)26(23(28)29-24(3,4)5)17-15-21-12-8-19(2)9-13-21/h6-13H,14-17H2,1-5H3,(H,25,27). The van der Waals surface area contributed by atoms with Gasteiger partial charge in [-0.3, -0.25) is 0 Å². The highest BCUT2D eigenvalue weighted by Crippen LogP contribution is 2.12. The number of hydrogen-bond donors (Lipinski definition) is 1. The van der Waals surface area contributed by atoms with Crippen LogP contribution in [0.1, 0.15) is 43.0 Å². The van der Waals surface area contributed by atoms with E-state index in [-0.39, 0.29) is 6.54 Å². The van der Waals surface area contributed by atoms with Gasteiger partial charge in [-0.15, -0.1) is 0 Å². The molecule has 2 rings (SSSR count). The molecule has 2 aromatic carbocycles. The van der Waals surface area contributed by atoms with E-state index < -0.39 is 17.7 Å². The Morgan fingerprint density at radius 2 is 1.34 bits per heavy atom. The van der Waals surface area contributed by atoms with Crippen molar-refractivity contribution in [3.05, 3.63) is 70.8 Å². The van der Waals surface area contributed by atoms with Crippen LogP contribution >= 0.6 is 0 Å². The summed E-state index contributed by atoms with van der Waals surface area (Å²) in [5.74, 6) is 0. The van der Waals surface area contributed by atoms with Gasteiger partial charge in [-0.05, 0) is 58.6 Å². The first-order chi connectivity index (χ1) is 13.6. The molecule has 0 aromatic heterocycles. The zero-order valence-electron chi connectivity index (χ0n) is 18.1. The molecule has 5 nitrogen and oxygen atoms in total. The third-order valence-corrected chi connectivity index (χ3v) is 4.41. The van der Waals surface area contributed by atoms with E-state index in [0.717, 1.165) is 16.0 Å². The second-order valence-corrected chi connectivity index (χ2v) is 8.34. The second-order valence-electron chi connectivity index (χ2n) is 8.34. The summed E-state index contributed by atoms with van der Waals surface area (Å²) in [6.07, 6.45) is 0.647. The zero-order valence-corrected chi connectivity index (χ0v) is 18.1. The lowest BCUT2D eigenvalue weighted by Gasteiger charge is -2.26. The van der Waals surface area contributed by atoms with Crippen molar-refractivity contribution < 1.29 is 14.3 Å². The molecule has 0 bridgehead atoms. The Hall–Kier alpha value is -2.82. The molecule has 0 atom stereocenters. The third kappa shape index (κ3) is 7.98. The Bertz CT molecular complexity index is 806. The molecule has 2 aromatic rings. The molecule has 0 unspecified atom stereocenters. The number of nitrogens with one attached hydrogen (secondary N) is 1. The van der Waals surface area contributed by atoms with E-state index in [1.165, 1.54) is 11.1 Å². The van der Waals surface area contributed by atoms with Crippen LogP contribution < -0.4 is 5.32 Å². The summed E-state index contributed by atoms with van der Waals surface area (Å²) in [5.41, 5.74) is 3.91. The van der Waals surface area contributed by atoms with Gasteiger partial charge in [-0.1, -0.05) is 59.7 Å². The molecular weight excluding hydrogens is 364 g/mol. The Balaban J connectivity index is 1.98. The smallest absolute Gasteiger partial charge is 0.418 e. The molecule has 0 saturated heterocycles. The lowest BCUT2D eigenvalue weighted by molar-refractivity contribution is 0.0323. The fourth-order valence-electron chi connectivity index (χ4n) is 2.75. The van der Waals surface area contributed by atoms with Gasteiger partial charge in [0.15, 0.2) is 0 Å². The van der Waals surface area contributed by atoms with Gasteiger partial charge in [0.1, 0.15) is 5.60 Å². The van der Waals surface area contributed by atoms with E-state index in [1.807, 2.05) is 62.4 Å². The highest BCUT2D eigenvalue weighted by atomic mass is 16.6.